The molecule has 0 heterocycles. The number of benzene rings is 2. The number of hydrogen-bond donors (Lipinski definition) is 0. The van der Waals surface area contributed by atoms with Crippen molar-refractivity contribution >= 4 is 0 Å². The van der Waals surface area contributed by atoms with Gasteiger partial charge < -0.3 is 4.74 Å². The van der Waals surface area contributed by atoms with E-state index in [9.17, 15) is 0 Å². The monoisotopic (exact) mass is 308 g/mol. The van der Waals surface area contributed by atoms with Crippen LogP contribution in [0.25, 0.3) is 0 Å². The molecule has 0 bridgehead atoms. The largest absolute Gasteiger partial charge is 0.371 e. The Morgan fingerprint density at radius 3 is 2.00 bits per heavy atom. The molecule has 0 saturated carbocycles. The van der Waals surface area contributed by atoms with Crippen molar-refractivity contribution in [1.29, 1.82) is 0 Å². The Kier molecular flexibility index (Phi) is 7.09. The van der Waals surface area contributed by atoms with Crippen molar-refractivity contribution in [2.24, 2.45) is 0 Å². The maximum Gasteiger partial charge on any atom is 0.0835 e. The van der Waals surface area contributed by atoms with Crippen molar-refractivity contribution in [3.8, 4) is 0 Å². The van der Waals surface area contributed by atoms with Gasteiger partial charge in [-0.05, 0) is 50.2 Å². The molecule has 1 nitrogen and oxygen atoms in total. The minimum Gasteiger partial charge on any atom is -0.371 e. The van der Waals surface area contributed by atoms with E-state index in [0.717, 1.165) is 38.7 Å². The van der Waals surface area contributed by atoms with E-state index in [2.05, 4.69) is 74.2 Å². The molecule has 1 unspecified atom stereocenters. The second kappa shape index (κ2) is 9.32. The van der Waals surface area contributed by atoms with E-state index in [4.69, 9.17) is 4.74 Å². The Hall–Kier alpha value is -1.86. The summed E-state index contributed by atoms with van der Waals surface area (Å²) in [5.74, 6) is 0. The summed E-state index contributed by atoms with van der Waals surface area (Å²) in [5, 5.41) is 0. The fraction of sp³-hybridized carbons (Fsp3) is 0.364. The van der Waals surface area contributed by atoms with Crippen molar-refractivity contribution in [3.05, 3.63) is 84.4 Å². The van der Waals surface area contributed by atoms with Crippen LogP contribution in [0.1, 0.15) is 37.3 Å². The maximum atomic E-state index is 6.12. The average Bonchev–Trinajstić information content (AvgIpc) is 2.61. The van der Waals surface area contributed by atoms with Crippen LogP contribution in [-0.2, 0) is 17.6 Å². The molecule has 0 fully saturated rings. The van der Waals surface area contributed by atoms with Gasteiger partial charge in [-0.3, -0.25) is 0 Å². The third-order valence-electron chi connectivity index (χ3n) is 4.32. The van der Waals surface area contributed by atoms with Crippen LogP contribution in [0.4, 0.5) is 0 Å². The molecule has 0 aliphatic carbocycles. The van der Waals surface area contributed by atoms with E-state index in [1.807, 2.05) is 6.08 Å². The first-order valence-electron chi connectivity index (χ1n) is 8.57. The summed E-state index contributed by atoms with van der Waals surface area (Å²) in [5.41, 5.74) is 2.53. The molecule has 2 aromatic rings. The first-order valence-corrected chi connectivity index (χ1v) is 8.57. The second-order valence-corrected chi connectivity index (χ2v) is 6.29. The van der Waals surface area contributed by atoms with Crippen LogP contribution in [0, 0.1) is 0 Å². The van der Waals surface area contributed by atoms with Gasteiger partial charge in [0.25, 0.3) is 0 Å². The Bertz CT molecular complexity index is 561. The molecule has 2 rings (SSSR count). The lowest BCUT2D eigenvalue weighted by atomic mass is 9.96. The third-order valence-corrected chi connectivity index (χ3v) is 4.32. The Balaban J connectivity index is 1.68. The smallest absolute Gasteiger partial charge is 0.0835 e. The van der Waals surface area contributed by atoms with Crippen molar-refractivity contribution < 1.29 is 4.74 Å². The molecule has 0 N–H and O–H groups in total. The van der Waals surface area contributed by atoms with Crippen LogP contribution in [0.2, 0.25) is 0 Å². The second-order valence-electron chi connectivity index (χ2n) is 6.29. The van der Waals surface area contributed by atoms with Gasteiger partial charge in [0.15, 0.2) is 0 Å². The molecule has 0 saturated heterocycles. The number of unbranched alkanes of at least 4 members (excludes halogenated alkanes) is 1. The molecule has 0 radical (unpaired) electrons. The number of rotatable bonds is 10. The van der Waals surface area contributed by atoms with Crippen LogP contribution in [0.15, 0.2) is 73.3 Å². The molecular formula is C22H28O. The van der Waals surface area contributed by atoms with Crippen LogP contribution < -0.4 is 0 Å². The quantitative estimate of drug-likeness (QED) is 0.410. The van der Waals surface area contributed by atoms with Crippen molar-refractivity contribution in [3.63, 3.8) is 0 Å². The van der Waals surface area contributed by atoms with Gasteiger partial charge in [0, 0.05) is 6.61 Å². The van der Waals surface area contributed by atoms with E-state index in [1.54, 1.807) is 0 Å². The van der Waals surface area contributed by atoms with Crippen molar-refractivity contribution in [2.45, 2.75) is 44.6 Å². The molecular weight excluding hydrogens is 280 g/mol. The lowest BCUT2D eigenvalue weighted by Crippen LogP contribution is -2.27. The SMILES string of the molecule is C=CC(C)(CCc1ccccc1)OCCCCc1ccccc1. The van der Waals surface area contributed by atoms with Crippen LogP contribution >= 0.6 is 0 Å². The van der Waals surface area contributed by atoms with E-state index in [0.29, 0.717) is 0 Å². The molecule has 1 atom stereocenters. The maximum absolute atomic E-state index is 6.12. The zero-order valence-electron chi connectivity index (χ0n) is 14.2. The number of hydrogen-bond acceptors (Lipinski definition) is 1. The molecule has 0 aromatic heterocycles. The minimum absolute atomic E-state index is 0.234. The predicted octanol–water partition coefficient (Wildman–Crippen LogP) is 5.60. The molecule has 1 heteroatoms. The average molecular weight is 308 g/mol. The molecule has 2 aromatic carbocycles. The molecule has 23 heavy (non-hydrogen) atoms. The van der Waals surface area contributed by atoms with Gasteiger partial charge in [0.1, 0.15) is 0 Å². The van der Waals surface area contributed by atoms with Gasteiger partial charge in [0.2, 0.25) is 0 Å². The Morgan fingerprint density at radius 2 is 1.43 bits per heavy atom. The van der Waals surface area contributed by atoms with E-state index in [-0.39, 0.29) is 5.60 Å². The first kappa shape index (κ1) is 17.5. The van der Waals surface area contributed by atoms with Gasteiger partial charge in [-0.15, -0.1) is 6.58 Å². The third kappa shape index (κ3) is 6.42. The lowest BCUT2D eigenvalue weighted by molar-refractivity contribution is -0.00182. The Morgan fingerprint density at radius 1 is 0.870 bits per heavy atom. The summed E-state index contributed by atoms with van der Waals surface area (Å²) in [4.78, 5) is 0. The summed E-state index contributed by atoms with van der Waals surface area (Å²) in [6, 6.07) is 21.2. The van der Waals surface area contributed by atoms with Crippen LogP contribution in [-0.4, -0.2) is 12.2 Å². The first-order chi connectivity index (χ1) is 11.2. The summed E-state index contributed by atoms with van der Waals surface area (Å²) in [6.45, 7) is 6.90. The van der Waals surface area contributed by atoms with Gasteiger partial charge in [-0.2, -0.15) is 0 Å². The topological polar surface area (TPSA) is 9.23 Å². The summed E-state index contributed by atoms with van der Waals surface area (Å²) >= 11 is 0. The van der Waals surface area contributed by atoms with Gasteiger partial charge in [-0.25, -0.2) is 0 Å². The Labute approximate surface area is 141 Å². The van der Waals surface area contributed by atoms with E-state index >= 15 is 0 Å². The van der Waals surface area contributed by atoms with Crippen LogP contribution in [0.5, 0.6) is 0 Å². The highest BCUT2D eigenvalue weighted by molar-refractivity contribution is 5.16. The minimum atomic E-state index is -0.234. The highest BCUT2D eigenvalue weighted by Gasteiger charge is 2.20. The lowest BCUT2D eigenvalue weighted by Gasteiger charge is -2.26. The highest BCUT2D eigenvalue weighted by atomic mass is 16.5. The van der Waals surface area contributed by atoms with Gasteiger partial charge in [0.05, 0.1) is 5.60 Å². The van der Waals surface area contributed by atoms with E-state index < -0.39 is 0 Å². The predicted molar refractivity (Wildman–Crippen MR) is 98.7 cm³/mol. The summed E-state index contributed by atoms with van der Waals surface area (Å²) < 4.78 is 6.12. The van der Waals surface area contributed by atoms with Gasteiger partial charge >= 0.3 is 0 Å². The highest BCUT2D eigenvalue weighted by Crippen LogP contribution is 2.20. The fourth-order valence-corrected chi connectivity index (χ4v) is 2.65. The fourth-order valence-electron chi connectivity index (χ4n) is 2.65. The van der Waals surface area contributed by atoms with Crippen LogP contribution in [0.3, 0.4) is 0 Å². The normalized spacial score (nSPS) is 13.4. The number of ether oxygens (including phenoxy) is 1. The zero-order chi connectivity index (χ0) is 16.4. The van der Waals surface area contributed by atoms with Gasteiger partial charge in [-0.1, -0.05) is 66.7 Å². The van der Waals surface area contributed by atoms with Crippen molar-refractivity contribution in [1.82, 2.24) is 0 Å². The van der Waals surface area contributed by atoms with Crippen molar-refractivity contribution in [2.75, 3.05) is 6.61 Å². The van der Waals surface area contributed by atoms with E-state index in [1.165, 1.54) is 11.1 Å². The molecule has 0 aliphatic heterocycles. The zero-order valence-corrected chi connectivity index (χ0v) is 14.2. The number of aryl methyl sites for hydroxylation is 2. The summed E-state index contributed by atoms with van der Waals surface area (Å²) in [6.07, 6.45) is 7.32. The standard InChI is InChI=1S/C22H28O/c1-3-22(2,18-17-21-14-8-5-9-15-21)23-19-11-10-16-20-12-6-4-7-13-20/h3-9,12-15H,1,10-11,16-19H2,2H3. The molecule has 0 amide bonds. The molecule has 0 aliphatic rings. The molecule has 122 valence electrons. The summed E-state index contributed by atoms with van der Waals surface area (Å²) in [7, 11) is 0. The molecule has 0 spiro atoms.